The van der Waals surface area contributed by atoms with E-state index in [1.165, 1.54) is 22.4 Å². The Kier molecular flexibility index (Phi) is 5.19. The van der Waals surface area contributed by atoms with Crippen LogP contribution in [0.2, 0.25) is 19.6 Å². The summed E-state index contributed by atoms with van der Waals surface area (Å²) in [5.74, 6) is 0. The standard InChI is InChI=1S/C12H20NSi.Li/c1-9-7-10(2)12(11(3)8-9)13-14(4,5)6;/h7-8H,1-6H3;/q-1;+1. The Hall–Kier alpha value is -0.166. The number of hydrogen-bond donors (Lipinski definition) is 0. The van der Waals surface area contributed by atoms with Gasteiger partial charge in [-0.25, -0.2) is 0 Å². The van der Waals surface area contributed by atoms with Gasteiger partial charge in [-0.3, -0.25) is 0 Å². The average Bonchev–Trinajstić information content (AvgIpc) is 1.95. The SMILES string of the molecule is Cc1cc(C)c([N-][Si](C)(C)C)c(C)c1.[Li+]. The third-order valence-corrected chi connectivity index (χ3v) is 2.98. The van der Waals surface area contributed by atoms with Gasteiger partial charge in [0.1, 0.15) is 0 Å². The maximum atomic E-state index is 4.87. The van der Waals surface area contributed by atoms with Gasteiger partial charge in [0, 0.05) is 0 Å². The van der Waals surface area contributed by atoms with Crippen molar-refractivity contribution >= 4 is 13.9 Å². The maximum absolute atomic E-state index is 4.87. The summed E-state index contributed by atoms with van der Waals surface area (Å²) in [6.45, 7) is 13.2. The van der Waals surface area contributed by atoms with E-state index in [-0.39, 0.29) is 18.9 Å². The van der Waals surface area contributed by atoms with Gasteiger partial charge in [0.25, 0.3) is 0 Å². The predicted octanol–water partition coefficient (Wildman–Crippen LogP) is 1.46. The van der Waals surface area contributed by atoms with Gasteiger partial charge in [-0.15, -0.1) is 5.69 Å². The van der Waals surface area contributed by atoms with Gasteiger partial charge in [-0.2, -0.15) is 0 Å². The van der Waals surface area contributed by atoms with Crippen LogP contribution in [0.15, 0.2) is 12.1 Å². The van der Waals surface area contributed by atoms with Crippen LogP contribution in [-0.2, 0) is 0 Å². The van der Waals surface area contributed by atoms with Crippen LogP contribution in [0, 0.1) is 20.8 Å². The second-order valence-corrected chi connectivity index (χ2v) is 9.60. The fraction of sp³-hybridized carbons (Fsp3) is 0.500. The molecule has 0 unspecified atom stereocenters. The molecule has 1 rings (SSSR count). The van der Waals surface area contributed by atoms with E-state index in [1.54, 1.807) is 0 Å². The molecule has 0 amide bonds. The van der Waals surface area contributed by atoms with Crippen molar-refractivity contribution in [2.75, 3.05) is 0 Å². The summed E-state index contributed by atoms with van der Waals surface area (Å²) in [7, 11) is -1.35. The molecule has 0 heterocycles. The minimum absolute atomic E-state index is 0. The van der Waals surface area contributed by atoms with Crippen molar-refractivity contribution in [2.24, 2.45) is 0 Å². The molecule has 78 valence electrons. The number of hydrogen-bond acceptors (Lipinski definition) is 0. The first-order valence-corrected chi connectivity index (χ1v) is 8.55. The minimum atomic E-state index is -1.35. The molecule has 0 aliphatic carbocycles. The van der Waals surface area contributed by atoms with Crippen LogP contribution in [0.1, 0.15) is 16.7 Å². The summed E-state index contributed by atoms with van der Waals surface area (Å²) >= 11 is 0. The second-order valence-electron chi connectivity index (χ2n) is 5.03. The minimum Gasteiger partial charge on any atom is -0.687 e. The molecule has 15 heavy (non-hydrogen) atoms. The molecular formula is C12H20LiNSi. The Morgan fingerprint density at radius 2 is 1.33 bits per heavy atom. The number of rotatable bonds is 2. The Labute approximate surface area is 107 Å². The van der Waals surface area contributed by atoms with E-state index in [1.807, 2.05) is 0 Å². The number of nitrogens with zero attached hydrogens (tertiary/aromatic N) is 1. The van der Waals surface area contributed by atoms with E-state index in [2.05, 4.69) is 52.5 Å². The normalized spacial score (nSPS) is 10.8. The average molecular weight is 213 g/mol. The smallest absolute Gasteiger partial charge is 0.687 e. The van der Waals surface area contributed by atoms with Crippen LogP contribution in [0.25, 0.3) is 4.98 Å². The Balaban J connectivity index is 0.00000196. The van der Waals surface area contributed by atoms with Crippen LogP contribution in [0.4, 0.5) is 5.69 Å². The van der Waals surface area contributed by atoms with Crippen molar-refractivity contribution < 1.29 is 18.9 Å². The van der Waals surface area contributed by atoms with Crippen molar-refractivity contribution in [1.29, 1.82) is 0 Å². The summed E-state index contributed by atoms with van der Waals surface area (Å²) < 4.78 is 0. The van der Waals surface area contributed by atoms with Crippen molar-refractivity contribution in [3.05, 3.63) is 33.8 Å². The molecule has 1 nitrogen and oxygen atoms in total. The van der Waals surface area contributed by atoms with Gasteiger partial charge in [-0.05, 0) is 29.0 Å². The molecule has 0 bridgehead atoms. The zero-order chi connectivity index (χ0) is 10.9. The van der Waals surface area contributed by atoms with Gasteiger partial charge in [0.05, 0.1) is 0 Å². The van der Waals surface area contributed by atoms with Gasteiger partial charge < -0.3 is 4.98 Å². The summed E-state index contributed by atoms with van der Waals surface area (Å²) in [5.41, 5.74) is 5.17. The predicted molar refractivity (Wildman–Crippen MR) is 67.0 cm³/mol. The Morgan fingerprint density at radius 3 is 1.67 bits per heavy atom. The van der Waals surface area contributed by atoms with Crippen molar-refractivity contribution in [3.63, 3.8) is 0 Å². The van der Waals surface area contributed by atoms with E-state index in [4.69, 9.17) is 4.98 Å². The maximum Gasteiger partial charge on any atom is 1.00 e. The molecule has 0 aliphatic rings. The van der Waals surface area contributed by atoms with E-state index in [0.717, 1.165) is 0 Å². The Bertz CT molecular complexity index is 319. The van der Waals surface area contributed by atoms with Crippen LogP contribution >= 0.6 is 0 Å². The first-order valence-electron chi connectivity index (χ1n) is 5.10. The second kappa shape index (κ2) is 5.25. The van der Waals surface area contributed by atoms with E-state index >= 15 is 0 Å². The molecule has 0 saturated carbocycles. The van der Waals surface area contributed by atoms with Gasteiger partial charge in [0.2, 0.25) is 0 Å². The summed E-state index contributed by atoms with van der Waals surface area (Å²) in [6, 6.07) is 4.43. The fourth-order valence-electron chi connectivity index (χ4n) is 1.68. The number of aryl methyl sites for hydroxylation is 3. The zero-order valence-electron chi connectivity index (χ0n) is 11.1. The monoisotopic (exact) mass is 213 g/mol. The van der Waals surface area contributed by atoms with Crippen molar-refractivity contribution in [1.82, 2.24) is 0 Å². The summed E-state index contributed by atoms with van der Waals surface area (Å²) in [5, 5.41) is 0. The van der Waals surface area contributed by atoms with E-state index in [9.17, 15) is 0 Å². The molecular weight excluding hydrogens is 193 g/mol. The largest absolute Gasteiger partial charge is 1.00 e. The Morgan fingerprint density at radius 1 is 0.933 bits per heavy atom. The molecule has 1 aromatic carbocycles. The molecule has 0 spiro atoms. The fourth-order valence-corrected chi connectivity index (χ4v) is 2.71. The van der Waals surface area contributed by atoms with E-state index in [0.29, 0.717) is 0 Å². The topological polar surface area (TPSA) is 14.1 Å². The third-order valence-electron chi connectivity index (χ3n) is 2.08. The van der Waals surface area contributed by atoms with Gasteiger partial charge in [0.15, 0.2) is 0 Å². The van der Waals surface area contributed by atoms with Crippen LogP contribution in [0.5, 0.6) is 0 Å². The van der Waals surface area contributed by atoms with Crippen LogP contribution < -0.4 is 18.9 Å². The number of benzene rings is 1. The molecule has 0 saturated heterocycles. The molecule has 1 aromatic rings. The van der Waals surface area contributed by atoms with Crippen LogP contribution in [0.3, 0.4) is 0 Å². The van der Waals surface area contributed by atoms with Crippen molar-refractivity contribution in [2.45, 2.75) is 40.4 Å². The molecule has 3 heteroatoms. The first-order chi connectivity index (χ1) is 6.29. The van der Waals surface area contributed by atoms with Crippen molar-refractivity contribution in [3.8, 4) is 0 Å². The molecule has 0 aromatic heterocycles. The molecule has 0 radical (unpaired) electrons. The van der Waals surface area contributed by atoms with Gasteiger partial charge in [-0.1, -0.05) is 48.5 Å². The molecule has 0 atom stereocenters. The van der Waals surface area contributed by atoms with Crippen LogP contribution in [-0.4, -0.2) is 8.24 Å². The van der Waals surface area contributed by atoms with Gasteiger partial charge >= 0.3 is 18.9 Å². The van der Waals surface area contributed by atoms with E-state index < -0.39 is 8.24 Å². The quantitative estimate of drug-likeness (QED) is 0.660. The summed E-state index contributed by atoms with van der Waals surface area (Å²) in [4.78, 5) is 4.87. The third kappa shape index (κ3) is 4.46. The molecule has 0 N–H and O–H groups in total. The molecule has 0 aliphatic heterocycles. The first kappa shape index (κ1) is 14.8. The summed E-state index contributed by atoms with van der Waals surface area (Å²) in [6.07, 6.45) is 0. The zero-order valence-corrected chi connectivity index (χ0v) is 12.1. The molecule has 0 fully saturated rings.